The van der Waals surface area contributed by atoms with Gasteiger partial charge in [0.2, 0.25) is 0 Å². The Labute approximate surface area is 276 Å². The lowest BCUT2D eigenvalue weighted by Crippen LogP contribution is -2.40. The first-order valence-electron chi connectivity index (χ1n) is 16.5. The Morgan fingerprint density at radius 3 is 1.47 bits per heavy atom. The number of methoxy groups -OCH3 is 2. The molecule has 10 heteroatoms. The van der Waals surface area contributed by atoms with Gasteiger partial charge in [-0.3, -0.25) is 19.6 Å². The normalized spacial score (nSPS) is 22.9. The van der Waals surface area contributed by atoms with Crippen molar-refractivity contribution in [3.8, 4) is 11.5 Å². The van der Waals surface area contributed by atoms with Crippen LogP contribution in [0.25, 0.3) is 0 Å². The van der Waals surface area contributed by atoms with Crippen LogP contribution in [-0.2, 0) is 9.47 Å². The molecule has 0 spiro atoms. The van der Waals surface area contributed by atoms with E-state index in [-0.39, 0.29) is 36.1 Å². The van der Waals surface area contributed by atoms with E-state index in [2.05, 4.69) is 23.1 Å². The van der Waals surface area contributed by atoms with Gasteiger partial charge in [0.15, 0.2) is 0 Å². The third-order valence-electron chi connectivity index (χ3n) is 9.40. The summed E-state index contributed by atoms with van der Waals surface area (Å²) in [6, 6.07) is 10.2. The molecule has 10 nitrogen and oxygen atoms in total. The van der Waals surface area contributed by atoms with Crippen LogP contribution >= 0.6 is 0 Å². The van der Waals surface area contributed by atoms with Crippen LogP contribution in [0, 0.1) is 0 Å². The predicted molar refractivity (Wildman–Crippen MR) is 182 cm³/mol. The molecular weight excluding hydrogens is 596 g/mol. The highest BCUT2D eigenvalue weighted by Gasteiger charge is 2.43. The Kier molecular flexibility index (Phi) is 10.2. The van der Waals surface area contributed by atoms with E-state index in [1.165, 1.54) is 0 Å². The van der Waals surface area contributed by atoms with E-state index >= 15 is 0 Å². The van der Waals surface area contributed by atoms with Gasteiger partial charge in [-0.1, -0.05) is 45.3 Å². The Morgan fingerprint density at radius 2 is 1.06 bits per heavy atom. The van der Waals surface area contributed by atoms with Crippen molar-refractivity contribution in [2.24, 2.45) is 9.98 Å². The molecule has 4 aliphatic heterocycles. The summed E-state index contributed by atoms with van der Waals surface area (Å²) in [6.45, 7) is 10.6. The largest absolute Gasteiger partial charge is 0.497 e. The number of carbonyl (C=O) groups excluding carboxylic acids is 2. The lowest BCUT2D eigenvalue weighted by molar-refractivity contribution is 0.0506. The van der Waals surface area contributed by atoms with Crippen LogP contribution in [0.2, 0.25) is 0 Å². The highest BCUT2D eigenvalue weighted by molar-refractivity contribution is 6.04. The van der Waals surface area contributed by atoms with Gasteiger partial charge in [0.1, 0.15) is 23.7 Å². The van der Waals surface area contributed by atoms with Gasteiger partial charge in [0.05, 0.1) is 48.8 Å². The molecule has 0 radical (unpaired) electrons. The zero-order chi connectivity index (χ0) is 32.9. The molecule has 0 N–H and O–H groups in total. The van der Waals surface area contributed by atoms with Crippen molar-refractivity contribution in [1.29, 1.82) is 0 Å². The minimum absolute atomic E-state index is 0.0741. The summed E-state index contributed by atoms with van der Waals surface area (Å²) >= 11 is 0. The number of nitrogens with zero attached hydrogens (tertiary/aromatic N) is 4. The number of unbranched alkanes of at least 4 members (excludes halogenated alkanes) is 6. The van der Waals surface area contributed by atoms with Gasteiger partial charge in [0.25, 0.3) is 11.8 Å². The lowest BCUT2D eigenvalue weighted by atomic mass is 10.1. The van der Waals surface area contributed by atoms with Crippen molar-refractivity contribution in [2.45, 2.75) is 69.2 Å². The minimum atomic E-state index is -0.254. The maximum Gasteiger partial charge on any atom is 0.257 e. The van der Waals surface area contributed by atoms with Crippen molar-refractivity contribution >= 4 is 35.6 Å². The zero-order valence-corrected chi connectivity index (χ0v) is 27.4. The highest BCUT2D eigenvalue weighted by Crippen LogP contribution is 2.35. The van der Waals surface area contributed by atoms with Gasteiger partial charge in [-0.05, 0) is 60.4 Å². The summed E-state index contributed by atoms with van der Waals surface area (Å²) < 4.78 is 23.1. The van der Waals surface area contributed by atoms with Crippen molar-refractivity contribution in [3.63, 3.8) is 0 Å². The van der Waals surface area contributed by atoms with E-state index in [0.29, 0.717) is 60.3 Å². The predicted octanol–water partition coefficient (Wildman–Crippen LogP) is 6.10. The second-order valence-electron chi connectivity index (χ2n) is 12.5. The van der Waals surface area contributed by atoms with Gasteiger partial charge in [0, 0.05) is 38.7 Å². The Morgan fingerprint density at radius 1 is 0.660 bits per heavy atom. The van der Waals surface area contributed by atoms with E-state index in [1.54, 1.807) is 36.2 Å². The second kappa shape index (κ2) is 14.6. The number of hydrogen-bond donors (Lipinski definition) is 0. The van der Waals surface area contributed by atoms with Gasteiger partial charge in [-0.2, -0.15) is 0 Å². The Balaban J connectivity index is 0.862. The molecule has 2 unspecified atom stereocenters. The molecule has 4 heterocycles. The first-order valence-corrected chi connectivity index (χ1v) is 16.5. The molecule has 2 aromatic rings. The van der Waals surface area contributed by atoms with Crippen LogP contribution in [0.15, 0.2) is 70.7 Å². The Bertz CT molecular complexity index is 1470. The van der Waals surface area contributed by atoms with Gasteiger partial charge in [-0.25, -0.2) is 0 Å². The number of carbonyl (C=O) groups is 2. The average molecular weight is 641 g/mol. The topological polar surface area (TPSA) is 102 Å². The molecule has 0 aromatic heterocycles. The van der Waals surface area contributed by atoms with Crippen molar-refractivity contribution in [2.75, 3.05) is 40.5 Å². The fourth-order valence-corrected chi connectivity index (χ4v) is 6.79. The summed E-state index contributed by atoms with van der Waals surface area (Å²) in [5.41, 5.74) is 4.18. The maximum atomic E-state index is 13.3. The third kappa shape index (κ3) is 6.89. The maximum absolute atomic E-state index is 13.3. The molecule has 2 aromatic carbocycles. The van der Waals surface area contributed by atoms with Gasteiger partial charge < -0.3 is 28.7 Å². The molecule has 2 saturated heterocycles. The first-order chi connectivity index (χ1) is 22.9. The van der Waals surface area contributed by atoms with Crippen molar-refractivity contribution < 1.29 is 28.5 Å². The molecule has 248 valence electrons. The Hall–Kier alpha value is -4.28. The van der Waals surface area contributed by atoms with Gasteiger partial charge in [-0.15, -0.1) is 0 Å². The van der Waals surface area contributed by atoms with Crippen LogP contribution in [0.4, 0.5) is 11.4 Å². The van der Waals surface area contributed by atoms with Crippen LogP contribution < -0.4 is 9.47 Å². The standard InChI is InChI=1S/C37H44N4O6/c1-24-22-40-32(20-38-30-14-12-26(44-3)18-28(30)36(40)42)34(24)46-16-10-8-6-5-7-9-11-17-47-35-25(2)23-41-33(35)21-39-31-15-13-27(45-4)19-29(31)37(41)43/h12-15,18-21,32-35H,1-2,5-11,16-17,22-23H2,3-4H3/t32-,33-,34?,35?/m0/s1. The van der Waals surface area contributed by atoms with Crippen molar-refractivity contribution in [1.82, 2.24) is 9.80 Å². The van der Waals surface area contributed by atoms with E-state index < -0.39 is 0 Å². The summed E-state index contributed by atoms with van der Waals surface area (Å²) in [5, 5.41) is 0. The van der Waals surface area contributed by atoms with Crippen LogP contribution in [0.5, 0.6) is 11.5 Å². The van der Waals surface area contributed by atoms with Gasteiger partial charge >= 0.3 is 0 Å². The zero-order valence-electron chi connectivity index (χ0n) is 27.4. The van der Waals surface area contributed by atoms with E-state index in [0.717, 1.165) is 56.1 Å². The molecule has 2 fully saturated rings. The molecule has 2 amide bonds. The van der Waals surface area contributed by atoms with E-state index in [1.807, 2.05) is 36.7 Å². The summed E-state index contributed by atoms with van der Waals surface area (Å²) in [6.07, 6.45) is 10.7. The summed E-state index contributed by atoms with van der Waals surface area (Å²) in [4.78, 5) is 39.4. The lowest BCUT2D eigenvalue weighted by Gasteiger charge is -2.23. The molecule has 47 heavy (non-hydrogen) atoms. The summed E-state index contributed by atoms with van der Waals surface area (Å²) in [7, 11) is 3.18. The quantitative estimate of drug-likeness (QED) is 0.183. The van der Waals surface area contributed by atoms with Crippen LogP contribution in [-0.4, -0.2) is 98.9 Å². The van der Waals surface area contributed by atoms with E-state index in [9.17, 15) is 9.59 Å². The van der Waals surface area contributed by atoms with Crippen LogP contribution in [0.3, 0.4) is 0 Å². The number of fused-ring (bicyclic) bond motifs is 4. The number of amides is 2. The number of aliphatic imine (C=N–C) groups is 2. The highest BCUT2D eigenvalue weighted by atomic mass is 16.5. The molecule has 4 aliphatic rings. The number of rotatable bonds is 14. The SMILES string of the molecule is C=C1CN2C(=O)c3cc(OC)ccc3N=C[C@H]2C1OCCCCCCCCCOC1C(=C)CN2C(=O)c3cc(OC)ccc3N=C[C@@H]12. The summed E-state index contributed by atoms with van der Waals surface area (Å²) in [5.74, 6) is 1.12. The van der Waals surface area contributed by atoms with E-state index in [4.69, 9.17) is 18.9 Å². The number of benzene rings is 2. The molecular formula is C37H44N4O6. The molecule has 0 saturated carbocycles. The molecule has 4 atom stereocenters. The fourth-order valence-electron chi connectivity index (χ4n) is 6.79. The number of hydrogen-bond acceptors (Lipinski definition) is 8. The first kappa shape index (κ1) is 32.7. The van der Waals surface area contributed by atoms with Crippen molar-refractivity contribution in [3.05, 3.63) is 71.8 Å². The average Bonchev–Trinajstić information content (AvgIpc) is 3.48. The fraction of sp³-hybridized carbons (Fsp3) is 0.459. The minimum Gasteiger partial charge on any atom is -0.497 e. The molecule has 0 aliphatic carbocycles. The van der Waals surface area contributed by atoms with Crippen LogP contribution in [0.1, 0.15) is 65.7 Å². The smallest absolute Gasteiger partial charge is 0.257 e. The molecule has 0 bridgehead atoms. The molecule has 6 rings (SSSR count). The monoisotopic (exact) mass is 640 g/mol. The second-order valence-corrected chi connectivity index (χ2v) is 12.5. The number of ether oxygens (including phenoxy) is 4. The third-order valence-corrected chi connectivity index (χ3v) is 9.40.